The number of hydrogen-bond donors (Lipinski definition) is 3. The first-order valence-corrected chi connectivity index (χ1v) is 13.3. The topological polar surface area (TPSA) is 139 Å². The zero-order chi connectivity index (χ0) is 28.9. The van der Waals surface area contributed by atoms with E-state index in [1.54, 1.807) is 27.2 Å². The predicted octanol–water partition coefficient (Wildman–Crippen LogP) is 4.49. The van der Waals surface area contributed by atoms with E-state index < -0.39 is 24.4 Å². The molecule has 2 bridgehead atoms. The number of carbonyl (C=O) groups excluding carboxylic acids is 2. The Kier molecular flexibility index (Phi) is 10.3. The lowest BCUT2D eigenvalue weighted by Gasteiger charge is -2.36. The normalized spacial score (nSPS) is 30.9. The summed E-state index contributed by atoms with van der Waals surface area (Å²) in [4.78, 5) is 25.0. The average Bonchev–Trinajstić information content (AvgIpc) is 2.87. The van der Waals surface area contributed by atoms with Crippen LogP contribution in [0.1, 0.15) is 52.5 Å². The fourth-order valence-corrected chi connectivity index (χ4v) is 5.54. The number of phenols is 1. The number of allylic oxidation sites excluding steroid dienone is 1. The van der Waals surface area contributed by atoms with E-state index in [2.05, 4.69) is 12.2 Å². The number of fused-ring (bicyclic) bond motifs is 1. The lowest BCUT2D eigenvalue weighted by molar-refractivity contribution is -0.112. The van der Waals surface area contributed by atoms with Gasteiger partial charge >= 0.3 is 6.09 Å². The summed E-state index contributed by atoms with van der Waals surface area (Å²) in [6.45, 7) is 7.67. The summed E-state index contributed by atoms with van der Waals surface area (Å²) >= 11 is 0. The number of amides is 2. The molecule has 6 atom stereocenters. The van der Waals surface area contributed by atoms with Gasteiger partial charge in [-0.15, -0.1) is 0 Å². The molecule has 0 aliphatic carbocycles. The van der Waals surface area contributed by atoms with Crippen molar-refractivity contribution >= 4 is 17.7 Å². The quantitative estimate of drug-likeness (QED) is 0.470. The smallest absolute Gasteiger partial charge is 0.405 e. The first-order valence-electron chi connectivity index (χ1n) is 13.3. The van der Waals surface area contributed by atoms with Gasteiger partial charge in [0.15, 0.2) is 23.4 Å². The number of carbonyl (C=O) groups is 2. The summed E-state index contributed by atoms with van der Waals surface area (Å²) in [5.41, 5.74) is 7.68. The highest BCUT2D eigenvalue weighted by molar-refractivity contribution is 6.04. The molecule has 3 rings (SSSR count). The summed E-state index contributed by atoms with van der Waals surface area (Å²) in [6.07, 6.45) is 3.09. The number of phenolic OH excluding ortho intramolecular Hbond substituents is 1. The molecular formula is C29H42N2O8. The summed E-state index contributed by atoms with van der Waals surface area (Å²) in [5.74, 6) is 0.239. The zero-order valence-corrected chi connectivity index (χ0v) is 23.9. The molecule has 10 nitrogen and oxygen atoms in total. The maximum atomic E-state index is 13.2. The van der Waals surface area contributed by atoms with E-state index in [0.29, 0.717) is 54.0 Å². The first kappa shape index (κ1) is 30.3. The summed E-state index contributed by atoms with van der Waals surface area (Å²) in [5, 5.41) is 13.7. The van der Waals surface area contributed by atoms with E-state index in [1.165, 1.54) is 13.2 Å². The summed E-state index contributed by atoms with van der Waals surface area (Å²) < 4.78 is 29.4. The largest absolute Gasteiger partial charge is 0.504 e. The summed E-state index contributed by atoms with van der Waals surface area (Å²) in [7, 11) is 4.69. The number of primary amides is 1. The zero-order valence-electron chi connectivity index (χ0n) is 23.9. The maximum Gasteiger partial charge on any atom is 0.405 e. The molecule has 2 aliphatic rings. The fraction of sp³-hybridized carbons (Fsp3) is 0.586. The number of nitrogens with one attached hydrogen (secondary N) is 1. The minimum absolute atomic E-state index is 0.0829. The van der Waals surface area contributed by atoms with Crippen molar-refractivity contribution in [2.24, 2.45) is 17.6 Å². The van der Waals surface area contributed by atoms with Crippen LogP contribution in [0.5, 0.6) is 17.2 Å². The Hall–Kier alpha value is -3.24. The minimum atomic E-state index is -0.900. The summed E-state index contributed by atoms with van der Waals surface area (Å²) in [6, 6.07) is 1.45. The molecule has 0 saturated carbocycles. The van der Waals surface area contributed by atoms with Crippen LogP contribution in [0.2, 0.25) is 0 Å². The number of methoxy groups -OCH3 is 3. The highest BCUT2D eigenvalue weighted by atomic mass is 16.6. The van der Waals surface area contributed by atoms with Crippen LogP contribution in [0, 0.1) is 11.8 Å². The van der Waals surface area contributed by atoms with E-state index in [9.17, 15) is 14.7 Å². The molecule has 0 unspecified atom stereocenters. The van der Waals surface area contributed by atoms with E-state index in [0.717, 1.165) is 5.57 Å². The Morgan fingerprint density at radius 3 is 2.46 bits per heavy atom. The molecule has 0 fully saturated rings. The van der Waals surface area contributed by atoms with Crippen LogP contribution in [0.4, 0.5) is 10.5 Å². The van der Waals surface area contributed by atoms with Crippen molar-refractivity contribution in [2.45, 2.75) is 77.8 Å². The van der Waals surface area contributed by atoms with Gasteiger partial charge in [-0.3, -0.25) is 4.79 Å². The molecule has 4 N–H and O–H groups in total. The Morgan fingerprint density at radius 1 is 1.15 bits per heavy atom. The van der Waals surface area contributed by atoms with E-state index >= 15 is 0 Å². The van der Waals surface area contributed by atoms with Gasteiger partial charge in [-0.2, -0.15) is 0 Å². The average molecular weight is 547 g/mol. The number of hydrogen-bond acceptors (Lipinski definition) is 8. The third-order valence-corrected chi connectivity index (χ3v) is 7.51. The van der Waals surface area contributed by atoms with Crippen molar-refractivity contribution < 1.29 is 38.4 Å². The Labute approximate surface area is 230 Å². The van der Waals surface area contributed by atoms with Crippen molar-refractivity contribution in [2.75, 3.05) is 26.6 Å². The van der Waals surface area contributed by atoms with E-state index in [-0.39, 0.29) is 29.6 Å². The predicted molar refractivity (Wildman–Crippen MR) is 147 cm³/mol. The second kappa shape index (κ2) is 13.2. The molecule has 10 heteroatoms. The van der Waals surface area contributed by atoms with Crippen LogP contribution >= 0.6 is 0 Å². The van der Waals surface area contributed by atoms with Gasteiger partial charge in [0.2, 0.25) is 0 Å². The molecule has 39 heavy (non-hydrogen) atoms. The van der Waals surface area contributed by atoms with Gasteiger partial charge in [0.25, 0.3) is 5.91 Å². The van der Waals surface area contributed by atoms with Crippen LogP contribution in [-0.4, -0.2) is 62.9 Å². The molecule has 1 aromatic carbocycles. The second-order valence-corrected chi connectivity index (χ2v) is 10.5. The SMILES string of the molecule is COc1c(O)cc2c3c1C[C@@H](C)C[C@H](OC)[C@H](O3)[C@@H](C)/C=C(\C)[C@H](OC(N)=O)[C@@H](OC)CC/C=C(\C)C(=O)N2. The van der Waals surface area contributed by atoms with Crippen molar-refractivity contribution in [1.29, 1.82) is 0 Å². The highest BCUT2D eigenvalue weighted by Gasteiger charge is 2.36. The van der Waals surface area contributed by atoms with E-state index in [1.807, 2.05) is 19.9 Å². The number of nitrogens with two attached hydrogens (primary N) is 1. The highest BCUT2D eigenvalue weighted by Crippen LogP contribution is 2.47. The standard InChI is InChI=1S/C29H42N2O8/c1-15-11-19-26-20(14-21(32)27(19)37-7)31-28(33)16(2)9-8-10-22(35-5)24(39-29(30)34)17(3)13-18(4)25(38-26)23(12-15)36-6/h9,13-15,18,22-25,32H,8,10-12H2,1-7H3,(H2,30,34)(H,31,33)/b16-9+,17-13+/t15-,18+,22+,23+,24+,25-/m1/s1. The second-order valence-electron chi connectivity index (χ2n) is 10.5. The van der Waals surface area contributed by atoms with Gasteiger partial charge in [-0.05, 0) is 51.0 Å². The Balaban J connectivity index is 2.25. The monoisotopic (exact) mass is 546 g/mol. The van der Waals surface area contributed by atoms with Crippen LogP contribution in [-0.2, 0) is 25.4 Å². The number of ether oxygens (including phenoxy) is 5. The van der Waals surface area contributed by atoms with E-state index in [4.69, 9.17) is 29.4 Å². The molecule has 2 aliphatic heterocycles. The first-order chi connectivity index (χ1) is 18.5. The molecule has 216 valence electrons. The Morgan fingerprint density at radius 2 is 1.85 bits per heavy atom. The Bertz CT molecular complexity index is 1110. The van der Waals surface area contributed by atoms with Gasteiger partial charge in [0.05, 0.1) is 25.0 Å². The molecule has 2 amide bonds. The fourth-order valence-electron chi connectivity index (χ4n) is 5.54. The molecule has 2 heterocycles. The molecule has 1 aromatic rings. The van der Waals surface area contributed by atoms with Crippen LogP contribution in [0.25, 0.3) is 0 Å². The van der Waals surface area contributed by atoms with Crippen molar-refractivity contribution in [3.63, 3.8) is 0 Å². The molecule has 0 saturated heterocycles. The lowest BCUT2D eigenvalue weighted by atomic mass is 9.86. The number of aromatic hydroxyl groups is 1. The lowest BCUT2D eigenvalue weighted by Crippen LogP contribution is -2.42. The van der Waals surface area contributed by atoms with Crippen LogP contribution in [0.15, 0.2) is 29.4 Å². The third kappa shape index (κ3) is 7.05. The van der Waals surface area contributed by atoms with Gasteiger partial charge in [0, 0.05) is 37.3 Å². The number of benzene rings is 1. The minimum Gasteiger partial charge on any atom is -0.504 e. The van der Waals surface area contributed by atoms with Crippen LogP contribution in [0.3, 0.4) is 0 Å². The van der Waals surface area contributed by atoms with Crippen molar-refractivity contribution in [3.05, 3.63) is 34.9 Å². The molecule has 0 radical (unpaired) electrons. The van der Waals surface area contributed by atoms with Crippen molar-refractivity contribution in [1.82, 2.24) is 0 Å². The van der Waals surface area contributed by atoms with Gasteiger partial charge < -0.3 is 39.8 Å². The van der Waals surface area contributed by atoms with Gasteiger partial charge in [-0.1, -0.05) is 26.0 Å². The molecular weight excluding hydrogens is 504 g/mol. The number of rotatable bonds is 4. The van der Waals surface area contributed by atoms with Crippen LogP contribution < -0.4 is 20.5 Å². The molecule has 0 aromatic heterocycles. The van der Waals surface area contributed by atoms with Gasteiger partial charge in [-0.25, -0.2) is 4.79 Å². The van der Waals surface area contributed by atoms with Crippen molar-refractivity contribution in [3.8, 4) is 17.2 Å². The maximum absolute atomic E-state index is 13.2. The van der Waals surface area contributed by atoms with Gasteiger partial charge in [0.1, 0.15) is 6.10 Å². The third-order valence-electron chi connectivity index (χ3n) is 7.51. The number of anilines is 1. The molecule has 0 spiro atoms.